The van der Waals surface area contributed by atoms with E-state index in [9.17, 15) is 59.9 Å². The summed E-state index contributed by atoms with van der Waals surface area (Å²) in [7, 11) is -5.44. The minimum Gasteiger partial charge on any atom is -0.462 e. The first-order valence-corrected chi connectivity index (χ1v) is 25.1. The number of aliphatic hydroxyl groups is 8. The largest absolute Gasteiger partial charge is 0.472 e. The minimum atomic E-state index is -5.44. The molecule has 0 aromatic carbocycles. The zero-order valence-corrected chi connectivity index (χ0v) is 39.7. The van der Waals surface area contributed by atoms with Crippen molar-refractivity contribution in [2.24, 2.45) is 11.8 Å². The number of esters is 2. The monoisotopic (exact) mass is 955 g/mol. The van der Waals surface area contributed by atoms with Gasteiger partial charge in [0, 0.05) is 24.7 Å². The molecule has 0 aromatic rings. The second-order valence-electron chi connectivity index (χ2n) is 16.9. The summed E-state index contributed by atoms with van der Waals surface area (Å²) in [5.41, 5.74) is 0. The molecule has 2 bridgehead atoms. The van der Waals surface area contributed by atoms with Crippen LogP contribution >= 0.6 is 7.82 Å². The van der Waals surface area contributed by atoms with E-state index in [1.165, 1.54) is 24.3 Å². The van der Waals surface area contributed by atoms with Crippen molar-refractivity contribution in [3.05, 3.63) is 85.1 Å². The van der Waals surface area contributed by atoms with Gasteiger partial charge in [-0.05, 0) is 64.2 Å². The number of carbonyl (C=O) groups excluding carboxylic acids is 2. The number of ether oxygens (including phenoxy) is 2. The fourth-order valence-electron chi connectivity index (χ4n) is 7.41. The molecule has 0 amide bonds. The van der Waals surface area contributed by atoms with E-state index in [0.717, 1.165) is 64.2 Å². The summed E-state index contributed by atoms with van der Waals surface area (Å²) in [6.07, 6.45) is 16.6. The van der Waals surface area contributed by atoms with Crippen molar-refractivity contribution in [2.75, 3.05) is 13.2 Å². The minimum absolute atomic E-state index is 0.0568. The van der Waals surface area contributed by atoms with Crippen LogP contribution in [0.25, 0.3) is 0 Å². The highest BCUT2D eigenvalue weighted by molar-refractivity contribution is 7.47. The van der Waals surface area contributed by atoms with E-state index in [0.29, 0.717) is 19.3 Å². The first kappa shape index (κ1) is 59.0. The first-order chi connectivity index (χ1) is 31.6. The fourth-order valence-corrected chi connectivity index (χ4v) is 8.38. The van der Waals surface area contributed by atoms with Crippen LogP contribution < -0.4 is 0 Å². The van der Waals surface area contributed by atoms with Crippen LogP contribution in [0, 0.1) is 11.8 Å². The molecule has 1 aliphatic heterocycles. The molecule has 2 aliphatic rings. The third kappa shape index (κ3) is 24.3. The number of aliphatic hydroxyl groups excluding tert-OH is 8. The van der Waals surface area contributed by atoms with Crippen LogP contribution in [0.5, 0.6) is 0 Å². The standard InChI is InChI=1S/C49H79O16P/c1-3-5-7-8-9-10-11-12-13-14-15-16-17-18-19-20-21-22-24-29-42(53)62-34-37-35-63-66(60,61)65-49-47(58)45(56)39(32-31-36(50)27-23-6-4-2)41(52)33-40(51)38(44(55)46(57)48(49)59)28-25-26-30-43(54)64-37/h5,7,9-10,12-13,15-16,18-19,25-26,31-32,36-41,44-52,55-59H,3-4,6,8,11,14,17,20-24,27-30,33-35H2,1-2H3,(H,60,61)/b7-5-,10-9-,13-12-,16-15-,19-18-,26-25-,32-31-/t36-,37-,38-,39+,40+,41-,44-,45-,46+,47-,48-,49-/m1/s1. The highest BCUT2D eigenvalue weighted by atomic mass is 31.2. The number of fused-ring (bicyclic) bond motifs is 4. The Hall–Kier alpha value is -3.09. The number of phosphoric acid groups is 1. The number of phosphoric ester groups is 1. The van der Waals surface area contributed by atoms with Gasteiger partial charge in [0.1, 0.15) is 31.0 Å². The molecule has 16 nitrogen and oxygen atoms in total. The van der Waals surface area contributed by atoms with Gasteiger partial charge in [0.15, 0.2) is 6.10 Å². The van der Waals surface area contributed by atoms with Crippen LogP contribution in [0.15, 0.2) is 85.1 Å². The van der Waals surface area contributed by atoms with Gasteiger partial charge in [0.05, 0.1) is 43.5 Å². The molecule has 0 spiro atoms. The summed E-state index contributed by atoms with van der Waals surface area (Å²) >= 11 is 0. The predicted molar refractivity (Wildman–Crippen MR) is 250 cm³/mol. The Morgan fingerprint density at radius 3 is 2.03 bits per heavy atom. The Balaban J connectivity index is 2.06. The Kier molecular flexibility index (Phi) is 30.6. The van der Waals surface area contributed by atoms with Crippen LogP contribution in [-0.4, -0.2) is 132 Å². The van der Waals surface area contributed by atoms with Crippen molar-refractivity contribution in [1.82, 2.24) is 0 Å². The lowest BCUT2D eigenvalue weighted by Gasteiger charge is -2.37. The maximum absolute atomic E-state index is 13.4. The SMILES string of the molecule is CC/C=C\C/C=C\C/C=C\C/C=C\C/C=C\CCCCCC(=O)OC[C@@H]1COP(=O)(O)O[C@H]2[C@H](O)[C@@H](O)[C@H](O)[C@H](C/C=C\CC(=O)O1)[C@@H](O)C[C@@H](O)[C@H](/C=C\[C@H](O)CCCCC)[C@@H](O)[C@H]2O. The lowest BCUT2D eigenvalue weighted by molar-refractivity contribution is -0.167. The van der Waals surface area contributed by atoms with Gasteiger partial charge in [-0.1, -0.05) is 125 Å². The molecule has 0 radical (unpaired) electrons. The Morgan fingerprint density at radius 2 is 1.39 bits per heavy atom. The molecule has 0 saturated heterocycles. The van der Waals surface area contributed by atoms with Gasteiger partial charge in [-0.3, -0.25) is 18.6 Å². The molecule has 376 valence electrons. The number of cyclic esters (lactones) is 1. The highest BCUT2D eigenvalue weighted by Gasteiger charge is 2.49. The zero-order valence-electron chi connectivity index (χ0n) is 38.8. The summed E-state index contributed by atoms with van der Waals surface area (Å²) in [5, 5.41) is 89.4. The van der Waals surface area contributed by atoms with Crippen LogP contribution in [0.3, 0.4) is 0 Å². The first-order valence-electron chi connectivity index (χ1n) is 23.6. The van der Waals surface area contributed by atoms with Gasteiger partial charge in [-0.15, -0.1) is 0 Å². The number of allylic oxidation sites excluding steroid dienone is 11. The third-order valence-corrected chi connectivity index (χ3v) is 12.3. The summed E-state index contributed by atoms with van der Waals surface area (Å²) in [6.45, 7) is 2.65. The van der Waals surface area contributed by atoms with E-state index >= 15 is 0 Å². The Labute approximate surface area is 391 Å². The van der Waals surface area contributed by atoms with E-state index in [1.807, 2.05) is 6.92 Å². The molecule has 1 aliphatic carbocycles. The van der Waals surface area contributed by atoms with Crippen molar-refractivity contribution < 1.29 is 78.4 Å². The number of carbonyl (C=O) groups is 2. The summed E-state index contributed by atoms with van der Waals surface area (Å²) in [5.74, 6) is -4.30. The van der Waals surface area contributed by atoms with Crippen LogP contribution in [0.1, 0.15) is 123 Å². The second-order valence-corrected chi connectivity index (χ2v) is 18.3. The second kappa shape index (κ2) is 34.2. The van der Waals surface area contributed by atoms with Gasteiger partial charge in [0.2, 0.25) is 0 Å². The number of rotatable bonds is 23. The Morgan fingerprint density at radius 1 is 0.773 bits per heavy atom. The van der Waals surface area contributed by atoms with E-state index in [2.05, 4.69) is 67.7 Å². The molecular weight excluding hydrogens is 875 g/mol. The van der Waals surface area contributed by atoms with Gasteiger partial charge >= 0.3 is 19.8 Å². The molecule has 1 unspecified atom stereocenters. The molecule has 9 N–H and O–H groups in total. The van der Waals surface area contributed by atoms with E-state index in [-0.39, 0.29) is 19.3 Å². The maximum atomic E-state index is 13.4. The lowest BCUT2D eigenvalue weighted by atomic mass is 9.83. The van der Waals surface area contributed by atoms with E-state index < -0.39 is 112 Å². The van der Waals surface area contributed by atoms with Crippen LogP contribution in [0.4, 0.5) is 0 Å². The van der Waals surface area contributed by atoms with Crippen LogP contribution in [-0.2, 0) is 32.7 Å². The normalized spacial score (nSPS) is 32.3. The molecule has 17 heteroatoms. The smallest absolute Gasteiger partial charge is 0.462 e. The Bertz CT molecular complexity index is 1610. The predicted octanol–water partition coefficient (Wildman–Crippen LogP) is 5.66. The average molecular weight is 955 g/mol. The van der Waals surface area contributed by atoms with Crippen LogP contribution in [0.2, 0.25) is 0 Å². The van der Waals surface area contributed by atoms with Gasteiger partial charge in [-0.2, -0.15) is 0 Å². The van der Waals surface area contributed by atoms with Gasteiger partial charge < -0.3 is 55.2 Å². The summed E-state index contributed by atoms with van der Waals surface area (Å²) in [4.78, 5) is 36.3. The van der Waals surface area contributed by atoms with E-state index in [4.69, 9.17) is 18.5 Å². The van der Waals surface area contributed by atoms with Crippen molar-refractivity contribution in [3.8, 4) is 0 Å². The number of hydrogen-bond donors (Lipinski definition) is 9. The quantitative estimate of drug-likeness (QED) is 0.0259. The number of unbranched alkanes of at least 4 members (excludes halogenated alkanes) is 5. The van der Waals surface area contributed by atoms with Gasteiger partial charge in [0.25, 0.3) is 0 Å². The lowest BCUT2D eigenvalue weighted by Crippen LogP contribution is -2.55. The summed E-state index contributed by atoms with van der Waals surface area (Å²) < 4.78 is 34.4. The highest BCUT2D eigenvalue weighted by Crippen LogP contribution is 2.47. The molecule has 1 saturated carbocycles. The maximum Gasteiger partial charge on any atom is 0.472 e. The average Bonchev–Trinajstić information content (AvgIpc) is 3.28. The van der Waals surface area contributed by atoms with Crippen molar-refractivity contribution >= 4 is 19.8 Å². The molecule has 1 fully saturated rings. The number of hydrogen-bond acceptors (Lipinski definition) is 15. The fraction of sp³-hybridized carbons (Fsp3) is 0.673. The third-order valence-electron chi connectivity index (χ3n) is 11.3. The molecular formula is C49H79O16P. The summed E-state index contributed by atoms with van der Waals surface area (Å²) in [6, 6.07) is 0. The van der Waals surface area contributed by atoms with Crippen molar-refractivity contribution in [1.29, 1.82) is 0 Å². The van der Waals surface area contributed by atoms with E-state index in [1.54, 1.807) is 0 Å². The van der Waals surface area contributed by atoms with Gasteiger partial charge in [-0.25, -0.2) is 4.57 Å². The van der Waals surface area contributed by atoms with Crippen molar-refractivity contribution in [2.45, 2.75) is 184 Å². The topological polar surface area (TPSA) is 270 Å². The molecule has 66 heavy (non-hydrogen) atoms. The molecule has 1 heterocycles. The molecule has 2 rings (SSSR count). The van der Waals surface area contributed by atoms with Crippen molar-refractivity contribution in [3.63, 3.8) is 0 Å². The molecule has 0 aromatic heterocycles. The zero-order chi connectivity index (χ0) is 48.7. The molecule has 13 atom stereocenters.